The van der Waals surface area contributed by atoms with Crippen LogP contribution >= 0.6 is 34.1 Å². The Labute approximate surface area is 184 Å². The van der Waals surface area contributed by atoms with Crippen molar-refractivity contribution in [1.29, 1.82) is 0 Å². The Morgan fingerprint density at radius 2 is 2.07 bits per heavy atom. The Kier molecular flexibility index (Phi) is 5.36. The first kappa shape index (κ1) is 20.6. The lowest BCUT2D eigenvalue weighted by atomic mass is 10.0. The Balaban J connectivity index is 1.80. The number of nitrogens with zero attached hydrogens (tertiary/aromatic N) is 2. The highest BCUT2D eigenvalue weighted by Crippen LogP contribution is 2.47. The SMILES string of the molecule is C=CCC1(S(=O)(=O)Nc2cc3snnc3c(F)c2Cc2ccc(I)cc2F)CC1. The van der Waals surface area contributed by atoms with E-state index in [9.17, 15) is 12.8 Å². The van der Waals surface area contributed by atoms with E-state index < -0.39 is 26.4 Å². The van der Waals surface area contributed by atoms with E-state index in [1.165, 1.54) is 12.1 Å². The summed E-state index contributed by atoms with van der Waals surface area (Å²) in [5, 5.41) is 3.79. The first-order valence-corrected chi connectivity index (χ1v) is 12.1. The van der Waals surface area contributed by atoms with Gasteiger partial charge in [0.15, 0.2) is 5.82 Å². The maximum absolute atomic E-state index is 15.2. The second-order valence-electron chi connectivity index (χ2n) is 7.03. The van der Waals surface area contributed by atoms with Gasteiger partial charge in [-0.2, -0.15) is 0 Å². The maximum Gasteiger partial charge on any atom is 0.238 e. The van der Waals surface area contributed by atoms with Crippen molar-refractivity contribution >= 4 is 60.1 Å². The normalized spacial score (nSPS) is 15.4. The Morgan fingerprint density at radius 3 is 2.72 bits per heavy atom. The summed E-state index contributed by atoms with van der Waals surface area (Å²) < 4.78 is 62.1. The first-order chi connectivity index (χ1) is 13.8. The zero-order valence-corrected chi connectivity index (χ0v) is 18.9. The number of hydrogen-bond acceptors (Lipinski definition) is 5. The molecule has 0 unspecified atom stereocenters. The van der Waals surface area contributed by atoms with Gasteiger partial charge >= 0.3 is 0 Å². The number of sulfonamides is 1. The molecule has 0 saturated heterocycles. The zero-order chi connectivity index (χ0) is 20.8. The van der Waals surface area contributed by atoms with Crippen LogP contribution in [-0.2, 0) is 16.4 Å². The number of allylic oxidation sites excluding steroid dienone is 1. The molecule has 1 aromatic heterocycles. The molecule has 0 aliphatic heterocycles. The average molecular weight is 547 g/mol. The molecule has 1 fully saturated rings. The predicted octanol–water partition coefficient (Wildman–Crippen LogP) is 5.02. The lowest BCUT2D eigenvalue weighted by molar-refractivity contribution is 0.582. The number of aromatic nitrogens is 2. The molecule has 10 heteroatoms. The second-order valence-corrected chi connectivity index (χ2v) is 11.1. The van der Waals surface area contributed by atoms with Gasteiger partial charge in [-0.15, -0.1) is 11.7 Å². The molecular weight excluding hydrogens is 531 g/mol. The van der Waals surface area contributed by atoms with E-state index in [0.29, 0.717) is 27.5 Å². The zero-order valence-electron chi connectivity index (χ0n) is 15.1. The largest absolute Gasteiger partial charge is 0.283 e. The van der Waals surface area contributed by atoms with Crippen molar-refractivity contribution in [2.45, 2.75) is 30.4 Å². The van der Waals surface area contributed by atoms with Gasteiger partial charge in [0.05, 0.1) is 15.1 Å². The van der Waals surface area contributed by atoms with Gasteiger partial charge in [-0.25, -0.2) is 17.2 Å². The fraction of sp³-hybridized carbons (Fsp3) is 0.263. The monoisotopic (exact) mass is 547 g/mol. The highest BCUT2D eigenvalue weighted by molar-refractivity contribution is 14.1. The van der Waals surface area contributed by atoms with Gasteiger partial charge in [0.25, 0.3) is 0 Å². The van der Waals surface area contributed by atoms with Gasteiger partial charge in [0.1, 0.15) is 11.3 Å². The maximum atomic E-state index is 15.2. The lowest BCUT2D eigenvalue weighted by Gasteiger charge is -2.19. The van der Waals surface area contributed by atoms with Crippen LogP contribution in [0.3, 0.4) is 0 Å². The highest BCUT2D eigenvalue weighted by Gasteiger charge is 2.53. The minimum atomic E-state index is -3.78. The molecule has 3 aromatic rings. The van der Waals surface area contributed by atoms with Crippen LogP contribution in [0.5, 0.6) is 0 Å². The summed E-state index contributed by atoms with van der Waals surface area (Å²) in [5.74, 6) is -1.17. The van der Waals surface area contributed by atoms with Crippen LogP contribution in [0.25, 0.3) is 10.2 Å². The molecule has 2 aromatic carbocycles. The third kappa shape index (κ3) is 3.77. The molecule has 5 nitrogen and oxygen atoms in total. The molecule has 0 amide bonds. The molecule has 1 N–H and O–H groups in total. The van der Waals surface area contributed by atoms with E-state index in [-0.39, 0.29) is 28.8 Å². The number of anilines is 1. The molecule has 29 heavy (non-hydrogen) atoms. The number of benzene rings is 2. The van der Waals surface area contributed by atoms with Crippen molar-refractivity contribution in [3.05, 3.63) is 63.3 Å². The van der Waals surface area contributed by atoms with E-state index in [4.69, 9.17) is 0 Å². The lowest BCUT2D eigenvalue weighted by Crippen LogP contribution is -2.29. The standard InChI is InChI=1S/C19H16F2IN3O2S2/c1-2-5-19(6-7-19)29(26,27)24-15-10-16-18(23-25-28-16)17(21)13(15)8-11-3-4-12(22)9-14(11)20/h2-4,9-10,24H,1,5-8H2. The summed E-state index contributed by atoms with van der Waals surface area (Å²) in [5.41, 5.74) is 0.447. The fourth-order valence-corrected chi connectivity index (χ4v) is 6.00. The molecule has 1 aliphatic rings. The Morgan fingerprint density at radius 1 is 1.31 bits per heavy atom. The van der Waals surface area contributed by atoms with E-state index in [1.54, 1.807) is 18.2 Å². The molecule has 0 bridgehead atoms. The molecular formula is C19H16F2IN3O2S2. The topological polar surface area (TPSA) is 72.0 Å². The average Bonchev–Trinajstić information content (AvgIpc) is 3.30. The number of fused-ring (bicyclic) bond motifs is 1. The third-order valence-electron chi connectivity index (χ3n) is 5.11. The van der Waals surface area contributed by atoms with Crippen molar-refractivity contribution < 1.29 is 17.2 Å². The van der Waals surface area contributed by atoms with Gasteiger partial charge in [0, 0.05) is 15.6 Å². The summed E-state index contributed by atoms with van der Waals surface area (Å²) in [7, 11) is -3.78. The van der Waals surface area contributed by atoms with Crippen LogP contribution in [0.1, 0.15) is 30.4 Å². The van der Waals surface area contributed by atoms with Crippen LogP contribution in [0.4, 0.5) is 14.5 Å². The van der Waals surface area contributed by atoms with Crippen molar-refractivity contribution in [2.75, 3.05) is 4.72 Å². The van der Waals surface area contributed by atoms with Gasteiger partial charge in [-0.05, 0) is 77.1 Å². The highest BCUT2D eigenvalue weighted by atomic mass is 127. The van der Waals surface area contributed by atoms with Crippen molar-refractivity contribution in [3.63, 3.8) is 0 Å². The summed E-state index contributed by atoms with van der Waals surface area (Å²) in [6.45, 7) is 3.64. The molecule has 1 aliphatic carbocycles. The number of halogens is 3. The van der Waals surface area contributed by atoms with Crippen LogP contribution in [0.2, 0.25) is 0 Å². The number of hydrogen-bond donors (Lipinski definition) is 1. The van der Waals surface area contributed by atoms with E-state index in [0.717, 1.165) is 11.5 Å². The van der Waals surface area contributed by atoms with Crippen LogP contribution in [-0.4, -0.2) is 22.8 Å². The van der Waals surface area contributed by atoms with Crippen LogP contribution < -0.4 is 4.72 Å². The molecule has 0 atom stereocenters. The molecule has 152 valence electrons. The molecule has 0 radical (unpaired) electrons. The Bertz CT molecular complexity index is 1220. The minimum Gasteiger partial charge on any atom is -0.283 e. The third-order valence-corrected chi connectivity index (χ3v) is 8.65. The van der Waals surface area contributed by atoms with Gasteiger partial charge in [0.2, 0.25) is 10.0 Å². The minimum absolute atomic E-state index is 0.0447. The summed E-state index contributed by atoms with van der Waals surface area (Å²) in [6, 6.07) is 6.15. The van der Waals surface area contributed by atoms with E-state index in [1.807, 2.05) is 22.6 Å². The Hall–Kier alpha value is -1.66. The van der Waals surface area contributed by atoms with Crippen molar-refractivity contribution in [3.8, 4) is 0 Å². The van der Waals surface area contributed by atoms with Crippen molar-refractivity contribution in [1.82, 2.24) is 9.59 Å². The van der Waals surface area contributed by atoms with E-state index in [2.05, 4.69) is 20.9 Å². The van der Waals surface area contributed by atoms with Crippen molar-refractivity contribution in [2.24, 2.45) is 0 Å². The molecule has 0 spiro atoms. The van der Waals surface area contributed by atoms with Gasteiger partial charge in [-0.3, -0.25) is 4.72 Å². The molecule has 1 heterocycles. The van der Waals surface area contributed by atoms with Crippen LogP contribution in [0.15, 0.2) is 36.9 Å². The van der Waals surface area contributed by atoms with Gasteiger partial charge < -0.3 is 0 Å². The number of nitrogens with one attached hydrogen (secondary N) is 1. The summed E-state index contributed by atoms with van der Waals surface area (Å²) in [6.07, 6.45) is 2.81. The first-order valence-electron chi connectivity index (χ1n) is 8.77. The second kappa shape index (κ2) is 7.55. The molecule has 4 rings (SSSR count). The van der Waals surface area contributed by atoms with Crippen LogP contribution in [0, 0.1) is 15.2 Å². The summed E-state index contributed by atoms with van der Waals surface area (Å²) in [4.78, 5) is 0. The molecule has 1 saturated carbocycles. The summed E-state index contributed by atoms with van der Waals surface area (Å²) >= 11 is 2.96. The number of rotatable bonds is 7. The quantitative estimate of drug-likeness (QED) is 0.334. The van der Waals surface area contributed by atoms with Gasteiger partial charge in [-0.1, -0.05) is 16.6 Å². The fourth-order valence-electron chi connectivity index (χ4n) is 3.28. The predicted molar refractivity (Wildman–Crippen MR) is 119 cm³/mol. The smallest absolute Gasteiger partial charge is 0.238 e. The van der Waals surface area contributed by atoms with E-state index >= 15 is 4.39 Å².